The van der Waals surface area contributed by atoms with Crippen LogP contribution < -0.4 is 0 Å². The molecule has 6 heteroatoms. The molecule has 6 nitrogen and oxygen atoms in total. The number of aromatic nitrogens is 4. The number of pyridine rings is 2. The van der Waals surface area contributed by atoms with Crippen LogP contribution in [0.15, 0.2) is 42.7 Å². The van der Waals surface area contributed by atoms with E-state index >= 15 is 0 Å². The van der Waals surface area contributed by atoms with Crippen LogP contribution in [0.25, 0.3) is 11.0 Å². The lowest BCUT2D eigenvalue weighted by atomic mass is 9.92. The Morgan fingerprint density at radius 3 is 2.88 bits per heavy atom. The molecular formula is C20H21N5O. The van der Waals surface area contributed by atoms with Crippen molar-refractivity contribution in [2.45, 2.75) is 32.1 Å². The third-order valence-corrected chi connectivity index (χ3v) is 4.83. The molecule has 0 radical (unpaired) electrons. The van der Waals surface area contributed by atoms with Gasteiger partial charge in [-0.05, 0) is 44.0 Å². The number of aryl methyl sites for hydroxylation is 1. The fraction of sp³-hybridized carbons (Fsp3) is 0.350. The smallest absolute Gasteiger partial charge is 0.228 e. The van der Waals surface area contributed by atoms with Gasteiger partial charge in [0.05, 0.1) is 12.1 Å². The van der Waals surface area contributed by atoms with Gasteiger partial charge in [0.25, 0.3) is 0 Å². The van der Waals surface area contributed by atoms with E-state index in [1.807, 2.05) is 42.2 Å². The van der Waals surface area contributed by atoms with Crippen LogP contribution in [0.2, 0.25) is 0 Å². The Kier molecular flexibility index (Phi) is 4.56. The summed E-state index contributed by atoms with van der Waals surface area (Å²) < 4.78 is 0. The summed E-state index contributed by atoms with van der Waals surface area (Å²) in [7, 11) is 0. The fourth-order valence-corrected chi connectivity index (χ4v) is 3.61. The summed E-state index contributed by atoms with van der Waals surface area (Å²) in [5.41, 5.74) is 2.55. The van der Waals surface area contributed by atoms with E-state index in [2.05, 4.69) is 15.0 Å². The van der Waals surface area contributed by atoms with Gasteiger partial charge in [0.2, 0.25) is 5.91 Å². The first kappa shape index (κ1) is 16.6. The predicted molar refractivity (Wildman–Crippen MR) is 98.6 cm³/mol. The van der Waals surface area contributed by atoms with Crippen molar-refractivity contribution in [3.05, 3.63) is 59.9 Å². The second-order valence-corrected chi connectivity index (χ2v) is 6.71. The highest BCUT2D eigenvalue weighted by Crippen LogP contribution is 2.30. The Balaban J connectivity index is 1.56. The second-order valence-electron chi connectivity index (χ2n) is 6.71. The van der Waals surface area contributed by atoms with Crippen molar-refractivity contribution in [2.24, 2.45) is 0 Å². The van der Waals surface area contributed by atoms with Gasteiger partial charge in [-0.15, -0.1) is 0 Å². The van der Waals surface area contributed by atoms with Crippen molar-refractivity contribution in [2.75, 3.05) is 13.1 Å². The average molecular weight is 347 g/mol. The Hall–Kier alpha value is -2.89. The molecule has 0 N–H and O–H groups in total. The van der Waals surface area contributed by atoms with Crippen molar-refractivity contribution in [1.82, 2.24) is 24.8 Å². The van der Waals surface area contributed by atoms with Crippen molar-refractivity contribution >= 4 is 16.9 Å². The number of carbonyl (C=O) groups excluding carboxylic acids is 1. The molecule has 4 heterocycles. The van der Waals surface area contributed by atoms with Crippen molar-refractivity contribution in [3.63, 3.8) is 0 Å². The van der Waals surface area contributed by atoms with Crippen LogP contribution in [0.1, 0.15) is 36.0 Å². The Bertz CT molecular complexity index is 928. The first-order valence-corrected chi connectivity index (χ1v) is 8.97. The maximum atomic E-state index is 12.7. The van der Waals surface area contributed by atoms with E-state index in [-0.39, 0.29) is 11.8 Å². The molecule has 3 aromatic rings. The summed E-state index contributed by atoms with van der Waals surface area (Å²) in [6, 6.07) is 9.61. The molecule has 0 bridgehead atoms. The van der Waals surface area contributed by atoms with E-state index < -0.39 is 0 Å². The predicted octanol–water partition coefficient (Wildman–Crippen LogP) is 2.68. The molecule has 0 aromatic carbocycles. The Morgan fingerprint density at radius 1 is 1.15 bits per heavy atom. The molecule has 0 spiro atoms. The minimum Gasteiger partial charge on any atom is -0.342 e. The minimum atomic E-state index is 0.126. The van der Waals surface area contributed by atoms with E-state index in [1.165, 1.54) is 0 Å². The van der Waals surface area contributed by atoms with Crippen LogP contribution in [0, 0.1) is 6.92 Å². The van der Waals surface area contributed by atoms with E-state index in [0.717, 1.165) is 47.6 Å². The number of hydrogen-bond acceptors (Lipinski definition) is 5. The molecule has 1 aliphatic heterocycles. The van der Waals surface area contributed by atoms with Crippen LogP contribution in [0.4, 0.5) is 0 Å². The van der Waals surface area contributed by atoms with E-state index in [9.17, 15) is 4.79 Å². The number of nitrogens with zero attached hydrogens (tertiary/aromatic N) is 5. The summed E-state index contributed by atoms with van der Waals surface area (Å²) in [6.07, 6.45) is 5.82. The van der Waals surface area contributed by atoms with Crippen LogP contribution in [0.3, 0.4) is 0 Å². The van der Waals surface area contributed by atoms with Crippen molar-refractivity contribution in [3.8, 4) is 0 Å². The van der Waals surface area contributed by atoms with E-state index in [1.54, 1.807) is 12.4 Å². The standard InChI is InChI=1S/C20H21N5O/c1-14-23-19(17-8-4-10-22-20(17)24-14)15-6-5-11-25(13-15)18(26)12-16-7-2-3-9-21-16/h2-4,7-10,15H,5-6,11-13H2,1H3/t15-/m0/s1. The van der Waals surface area contributed by atoms with Gasteiger partial charge >= 0.3 is 0 Å². The first-order valence-electron chi connectivity index (χ1n) is 8.97. The third-order valence-electron chi connectivity index (χ3n) is 4.83. The number of carbonyl (C=O) groups is 1. The molecule has 1 aliphatic rings. The van der Waals surface area contributed by atoms with Gasteiger partial charge in [-0.1, -0.05) is 6.07 Å². The van der Waals surface area contributed by atoms with Gasteiger partial charge in [-0.2, -0.15) is 0 Å². The topological polar surface area (TPSA) is 71.9 Å². The summed E-state index contributed by atoms with van der Waals surface area (Å²) in [5, 5.41) is 0.988. The highest BCUT2D eigenvalue weighted by molar-refractivity contribution is 5.80. The highest BCUT2D eigenvalue weighted by atomic mass is 16.2. The molecule has 1 saturated heterocycles. The summed E-state index contributed by atoms with van der Waals surface area (Å²) in [6.45, 7) is 3.37. The molecule has 1 fully saturated rings. The number of piperidine rings is 1. The highest BCUT2D eigenvalue weighted by Gasteiger charge is 2.27. The molecule has 1 atom stereocenters. The lowest BCUT2D eigenvalue weighted by Gasteiger charge is -2.33. The quantitative estimate of drug-likeness (QED) is 0.728. The molecule has 3 aromatic heterocycles. The van der Waals surface area contributed by atoms with Gasteiger partial charge in [0.15, 0.2) is 5.65 Å². The van der Waals surface area contributed by atoms with Crippen molar-refractivity contribution < 1.29 is 4.79 Å². The normalized spacial score (nSPS) is 17.4. The third kappa shape index (κ3) is 3.40. The van der Waals surface area contributed by atoms with Gasteiger partial charge in [0.1, 0.15) is 5.82 Å². The summed E-state index contributed by atoms with van der Waals surface area (Å²) >= 11 is 0. The zero-order chi connectivity index (χ0) is 17.9. The number of hydrogen-bond donors (Lipinski definition) is 0. The molecule has 0 unspecified atom stereocenters. The van der Waals surface area contributed by atoms with Crippen LogP contribution in [-0.4, -0.2) is 43.8 Å². The van der Waals surface area contributed by atoms with Gasteiger partial charge < -0.3 is 4.90 Å². The average Bonchev–Trinajstić information content (AvgIpc) is 2.68. The van der Waals surface area contributed by atoms with Gasteiger partial charge in [-0.3, -0.25) is 9.78 Å². The lowest BCUT2D eigenvalue weighted by Crippen LogP contribution is -2.40. The van der Waals surface area contributed by atoms with Crippen LogP contribution >= 0.6 is 0 Å². The van der Waals surface area contributed by atoms with Crippen LogP contribution in [-0.2, 0) is 11.2 Å². The summed E-state index contributed by atoms with van der Waals surface area (Å²) in [4.78, 5) is 32.4. The van der Waals surface area contributed by atoms with E-state index in [0.29, 0.717) is 13.0 Å². The number of likely N-dealkylation sites (tertiary alicyclic amines) is 1. The summed E-state index contributed by atoms with van der Waals surface area (Å²) in [5.74, 6) is 1.06. The molecule has 4 rings (SSSR count). The molecular weight excluding hydrogens is 326 g/mol. The maximum absolute atomic E-state index is 12.7. The molecule has 0 saturated carbocycles. The van der Waals surface area contributed by atoms with E-state index in [4.69, 9.17) is 4.98 Å². The number of rotatable bonds is 3. The Morgan fingerprint density at radius 2 is 2.04 bits per heavy atom. The van der Waals surface area contributed by atoms with Gasteiger partial charge in [0, 0.05) is 42.5 Å². The van der Waals surface area contributed by atoms with Crippen LogP contribution in [0.5, 0.6) is 0 Å². The van der Waals surface area contributed by atoms with Crippen molar-refractivity contribution in [1.29, 1.82) is 0 Å². The first-order chi connectivity index (χ1) is 12.7. The minimum absolute atomic E-state index is 0.126. The number of amides is 1. The molecule has 0 aliphatic carbocycles. The molecule has 132 valence electrons. The zero-order valence-corrected chi connectivity index (χ0v) is 14.8. The zero-order valence-electron chi connectivity index (χ0n) is 14.8. The monoisotopic (exact) mass is 347 g/mol. The largest absolute Gasteiger partial charge is 0.342 e. The fourth-order valence-electron chi connectivity index (χ4n) is 3.61. The molecule has 1 amide bonds. The molecule has 26 heavy (non-hydrogen) atoms. The second kappa shape index (κ2) is 7.15. The number of fused-ring (bicyclic) bond motifs is 1. The Labute approximate surface area is 152 Å². The van der Waals surface area contributed by atoms with Gasteiger partial charge in [-0.25, -0.2) is 15.0 Å². The maximum Gasteiger partial charge on any atom is 0.228 e. The SMILES string of the molecule is Cc1nc([C@H]2CCCN(C(=O)Cc3ccccn3)C2)c2cccnc2n1. The lowest BCUT2D eigenvalue weighted by molar-refractivity contribution is -0.131.